The number of carbonyl (C=O) groups excluding carboxylic acids is 1. The fourth-order valence-corrected chi connectivity index (χ4v) is 2.15. The van der Waals surface area contributed by atoms with Crippen molar-refractivity contribution in [3.63, 3.8) is 0 Å². The maximum atomic E-state index is 12.8. The zero-order chi connectivity index (χ0) is 14.0. The summed E-state index contributed by atoms with van der Waals surface area (Å²) in [5.41, 5.74) is 1.12. The van der Waals surface area contributed by atoms with Gasteiger partial charge in [0.2, 0.25) is 0 Å². The van der Waals surface area contributed by atoms with E-state index in [2.05, 4.69) is 6.58 Å². The Bertz CT molecular complexity index is 648. The van der Waals surface area contributed by atoms with Crippen LogP contribution in [0.15, 0.2) is 49.0 Å². The second kappa shape index (κ2) is 5.55. The topological polar surface area (TPSA) is 17.1 Å². The molecule has 19 heavy (non-hydrogen) atoms. The van der Waals surface area contributed by atoms with E-state index in [4.69, 9.17) is 23.2 Å². The molecular formula is C15H9Cl2FO. The van der Waals surface area contributed by atoms with Gasteiger partial charge in [-0.05, 0) is 36.4 Å². The molecule has 0 saturated carbocycles. The van der Waals surface area contributed by atoms with Crippen molar-refractivity contribution >= 4 is 34.6 Å². The van der Waals surface area contributed by atoms with E-state index in [1.54, 1.807) is 18.2 Å². The highest BCUT2D eigenvalue weighted by molar-refractivity contribution is 6.38. The molecule has 0 aliphatic carbocycles. The molecule has 2 aromatic carbocycles. The van der Waals surface area contributed by atoms with E-state index in [1.165, 1.54) is 24.3 Å². The predicted octanol–water partition coefficient (Wildman–Crippen LogP) is 5.03. The normalized spacial score (nSPS) is 10.3. The zero-order valence-corrected chi connectivity index (χ0v) is 11.3. The smallest absolute Gasteiger partial charge is 0.193 e. The third-order valence-electron chi connectivity index (χ3n) is 2.64. The van der Waals surface area contributed by atoms with Gasteiger partial charge in [0.15, 0.2) is 5.78 Å². The summed E-state index contributed by atoms with van der Waals surface area (Å²) in [4.78, 5) is 12.2. The molecule has 4 heteroatoms. The molecule has 0 N–H and O–H groups in total. The van der Waals surface area contributed by atoms with E-state index in [-0.39, 0.29) is 11.4 Å². The van der Waals surface area contributed by atoms with Crippen LogP contribution in [0.3, 0.4) is 0 Å². The van der Waals surface area contributed by atoms with Gasteiger partial charge in [0.05, 0.1) is 0 Å². The highest BCUT2D eigenvalue weighted by Gasteiger charge is 2.15. The number of benzene rings is 2. The van der Waals surface area contributed by atoms with Crippen LogP contribution in [0.2, 0.25) is 10.0 Å². The van der Waals surface area contributed by atoms with Crippen LogP contribution >= 0.6 is 23.2 Å². The first-order chi connectivity index (χ1) is 8.99. The van der Waals surface area contributed by atoms with Gasteiger partial charge in [0.25, 0.3) is 0 Å². The summed E-state index contributed by atoms with van der Waals surface area (Å²) in [6, 6.07) is 10.1. The second-order valence-electron chi connectivity index (χ2n) is 3.94. The average Bonchev–Trinajstić information content (AvgIpc) is 2.38. The van der Waals surface area contributed by atoms with E-state index >= 15 is 0 Å². The molecule has 0 fully saturated rings. The molecular weight excluding hydrogens is 286 g/mol. The summed E-state index contributed by atoms with van der Waals surface area (Å²) in [5, 5.41) is 0.837. The van der Waals surface area contributed by atoms with Crippen molar-refractivity contribution < 1.29 is 9.18 Å². The standard InChI is InChI=1S/C15H9Cl2FO/c1-9(13-7-4-11(16)8-14(13)17)15(19)10-2-5-12(18)6-3-10/h2-8H,1H2. The molecule has 0 radical (unpaired) electrons. The number of ketones is 1. The van der Waals surface area contributed by atoms with E-state index in [0.717, 1.165) is 0 Å². The van der Waals surface area contributed by atoms with Crippen LogP contribution in [0.25, 0.3) is 5.57 Å². The molecule has 0 amide bonds. The van der Waals surface area contributed by atoms with Crippen LogP contribution in [0, 0.1) is 5.82 Å². The van der Waals surface area contributed by atoms with Crippen molar-refractivity contribution in [2.24, 2.45) is 0 Å². The highest BCUT2D eigenvalue weighted by atomic mass is 35.5. The first-order valence-electron chi connectivity index (χ1n) is 5.43. The lowest BCUT2D eigenvalue weighted by Crippen LogP contribution is -2.02. The molecule has 96 valence electrons. The first-order valence-corrected chi connectivity index (χ1v) is 6.19. The van der Waals surface area contributed by atoms with Gasteiger partial charge in [-0.3, -0.25) is 4.79 Å². The maximum absolute atomic E-state index is 12.8. The molecule has 0 aliphatic heterocycles. The number of carbonyl (C=O) groups is 1. The fraction of sp³-hybridized carbons (Fsp3) is 0. The quantitative estimate of drug-likeness (QED) is 0.573. The Kier molecular flexibility index (Phi) is 4.03. The molecule has 0 atom stereocenters. The summed E-state index contributed by atoms with van der Waals surface area (Å²) in [6.45, 7) is 3.74. The number of allylic oxidation sites excluding steroid dienone is 1. The lowest BCUT2D eigenvalue weighted by Gasteiger charge is -2.07. The summed E-state index contributed by atoms with van der Waals surface area (Å²) in [7, 11) is 0. The number of halogens is 3. The molecule has 0 spiro atoms. The minimum Gasteiger partial charge on any atom is -0.289 e. The number of hydrogen-bond acceptors (Lipinski definition) is 1. The Morgan fingerprint density at radius 3 is 2.26 bits per heavy atom. The Hall–Kier alpha value is -1.64. The predicted molar refractivity (Wildman–Crippen MR) is 76.2 cm³/mol. The third kappa shape index (κ3) is 3.03. The third-order valence-corrected chi connectivity index (χ3v) is 3.18. The molecule has 0 heterocycles. The van der Waals surface area contributed by atoms with Gasteiger partial charge in [-0.15, -0.1) is 0 Å². The Morgan fingerprint density at radius 1 is 1.05 bits per heavy atom. The van der Waals surface area contributed by atoms with Crippen LogP contribution in [0.5, 0.6) is 0 Å². The van der Waals surface area contributed by atoms with Crippen LogP contribution in [0.4, 0.5) is 4.39 Å². The highest BCUT2D eigenvalue weighted by Crippen LogP contribution is 2.28. The number of Topliss-reactive ketones (excluding diaryl/α,β-unsaturated/α-hetero) is 1. The van der Waals surface area contributed by atoms with Gasteiger partial charge in [0.1, 0.15) is 5.82 Å². The maximum Gasteiger partial charge on any atom is 0.193 e. The van der Waals surface area contributed by atoms with Crippen molar-refractivity contribution in [3.05, 3.63) is 76.0 Å². The monoisotopic (exact) mass is 294 g/mol. The SMILES string of the molecule is C=C(C(=O)c1ccc(F)cc1)c1ccc(Cl)cc1Cl. The van der Waals surface area contributed by atoms with Crippen LogP contribution in [-0.2, 0) is 0 Å². The van der Waals surface area contributed by atoms with Crippen molar-refractivity contribution in [1.29, 1.82) is 0 Å². The van der Waals surface area contributed by atoms with E-state index < -0.39 is 5.82 Å². The molecule has 0 aliphatic rings. The second-order valence-corrected chi connectivity index (χ2v) is 4.78. The average molecular weight is 295 g/mol. The Labute approximate surface area is 120 Å². The molecule has 0 bridgehead atoms. The lowest BCUT2D eigenvalue weighted by atomic mass is 9.98. The van der Waals surface area contributed by atoms with Gasteiger partial charge < -0.3 is 0 Å². The van der Waals surface area contributed by atoms with Crippen molar-refractivity contribution in [3.8, 4) is 0 Å². The summed E-state index contributed by atoms with van der Waals surface area (Å²) < 4.78 is 12.8. The lowest BCUT2D eigenvalue weighted by molar-refractivity contribution is 0.105. The molecule has 2 rings (SSSR count). The van der Waals surface area contributed by atoms with Gasteiger partial charge in [0, 0.05) is 26.7 Å². The van der Waals surface area contributed by atoms with Gasteiger partial charge in [-0.1, -0.05) is 35.8 Å². The van der Waals surface area contributed by atoms with Gasteiger partial charge >= 0.3 is 0 Å². The summed E-state index contributed by atoms with van der Waals surface area (Å²) >= 11 is 11.8. The van der Waals surface area contributed by atoms with Crippen LogP contribution < -0.4 is 0 Å². The molecule has 0 unspecified atom stereocenters. The van der Waals surface area contributed by atoms with Crippen molar-refractivity contribution in [2.45, 2.75) is 0 Å². The van der Waals surface area contributed by atoms with E-state index in [1.807, 2.05) is 0 Å². The van der Waals surface area contributed by atoms with Crippen molar-refractivity contribution in [2.75, 3.05) is 0 Å². The molecule has 2 aromatic rings. The number of rotatable bonds is 3. The van der Waals surface area contributed by atoms with Crippen molar-refractivity contribution in [1.82, 2.24) is 0 Å². The fourth-order valence-electron chi connectivity index (χ4n) is 1.63. The van der Waals surface area contributed by atoms with E-state index in [9.17, 15) is 9.18 Å². The van der Waals surface area contributed by atoms with Gasteiger partial charge in [-0.2, -0.15) is 0 Å². The summed E-state index contributed by atoms with van der Waals surface area (Å²) in [6.07, 6.45) is 0. The first kappa shape index (κ1) is 13.8. The van der Waals surface area contributed by atoms with Crippen LogP contribution in [-0.4, -0.2) is 5.78 Å². The molecule has 1 nitrogen and oxygen atoms in total. The number of hydrogen-bond donors (Lipinski definition) is 0. The minimum atomic E-state index is -0.397. The van der Waals surface area contributed by atoms with E-state index in [0.29, 0.717) is 21.2 Å². The van der Waals surface area contributed by atoms with Crippen LogP contribution in [0.1, 0.15) is 15.9 Å². The minimum absolute atomic E-state index is 0.244. The zero-order valence-electron chi connectivity index (χ0n) is 9.79. The Morgan fingerprint density at radius 2 is 1.68 bits per heavy atom. The molecule has 0 saturated heterocycles. The summed E-state index contributed by atoms with van der Waals surface area (Å²) in [5.74, 6) is -0.698. The molecule has 0 aromatic heterocycles. The Balaban J connectivity index is 2.33. The van der Waals surface area contributed by atoms with Gasteiger partial charge in [-0.25, -0.2) is 4.39 Å². The largest absolute Gasteiger partial charge is 0.289 e.